The van der Waals surface area contributed by atoms with Crippen molar-refractivity contribution in [1.82, 2.24) is 5.32 Å². The molecule has 0 saturated carbocycles. The van der Waals surface area contributed by atoms with Crippen LogP contribution in [0.15, 0.2) is 18.2 Å². The largest absolute Gasteiger partial charge is 0.454 e. The van der Waals surface area contributed by atoms with Gasteiger partial charge in [0.2, 0.25) is 6.79 Å². The molecule has 1 aliphatic rings. The summed E-state index contributed by atoms with van der Waals surface area (Å²) in [5.74, 6) is 1.39. The third-order valence-corrected chi connectivity index (χ3v) is 2.63. The summed E-state index contributed by atoms with van der Waals surface area (Å²) < 4.78 is 16.0. The van der Waals surface area contributed by atoms with E-state index in [0.717, 1.165) is 5.56 Å². The number of alkyl carbamates (subject to hydrolysis) is 1. The van der Waals surface area contributed by atoms with Gasteiger partial charge in [-0.15, -0.1) is 0 Å². The van der Waals surface area contributed by atoms with Gasteiger partial charge in [0.05, 0.1) is 6.04 Å². The van der Waals surface area contributed by atoms with E-state index < -0.39 is 11.7 Å². The molecule has 0 aromatic heterocycles. The molecule has 0 radical (unpaired) electrons. The number of nitrogens with one attached hydrogen (secondary N) is 1. The van der Waals surface area contributed by atoms with Crippen LogP contribution in [0.3, 0.4) is 0 Å². The van der Waals surface area contributed by atoms with E-state index in [4.69, 9.17) is 14.2 Å². The van der Waals surface area contributed by atoms with Gasteiger partial charge in [0.15, 0.2) is 11.5 Å². The normalized spacial score (nSPS) is 14.9. The Labute approximate surface area is 112 Å². The second kappa shape index (κ2) is 4.99. The minimum Gasteiger partial charge on any atom is -0.454 e. The van der Waals surface area contributed by atoms with Crippen molar-refractivity contribution in [1.29, 1.82) is 0 Å². The number of ether oxygens (including phenoxy) is 3. The highest BCUT2D eigenvalue weighted by molar-refractivity contribution is 5.68. The molecule has 0 spiro atoms. The molecule has 1 aromatic rings. The van der Waals surface area contributed by atoms with Gasteiger partial charge < -0.3 is 19.5 Å². The molecule has 0 saturated heterocycles. The number of para-hydroxylation sites is 1. The van der Waals surface area contributed by atoms with E-state index in [-0.39, 0.29) is 12.8 Å². The maximum Gasteiger partial charge on any atom is 0.408 e. The maximum atomic E-state index is 11.7. The second-order valence-corrected chi connectivity index (χ2v) is 5.45. The minimum absolute atomic E-state index is 0.214. The van der Waals surface area contributed by atoms with E-state index in [1.807, 2.05) is 45.9 Å². The van der Waals surface area contributed by atoms with Gasteiger partial charge in [-0.05, 0) is 33.8 Å². The summed E-state index contributed by atoms with van der Waals surface area (Å²) >= 11 is 0. The number of carbonyl (C=O) groups excluding carboxylic acids is 1. The quantitative estimate of drug-likeness (QED) is 0.893. The predicted molar refractivity (Wildman–Crippen MR) is 70.3 cm³/mol. The number of carbonyl (C=O) groups is 1. The fourth-order valence-electron chi connectivity index (χ4n) is 1.86. The molecule has 1 N–H and O–H groups in total. The Morgan fingerprint density at radius 3 is 2.79 bits per heavy atom. The van der Waals surface area contributed by atoms with Crippen molar-refractivity contribution >= 4 is 6.09 Å². The van der Waals surface area contributed by atoms with Crippen molar-refractivity contribution in [2.24, 2.45) is 0 Å². The zero-order valence-corrected chi connectivity index (χ0v) is 11.6. The van der Waals surface area contributed by atoms with Crippen molar-refractivity contribution < 1.29 is 19.0 Å². The fraction of sp³-hybridized carbons (Fsp3) is 0.500. The summed E-state index contributed by atoms with van der Waals surface area (Å²) in [6.45, 7) is 7.57. The first-order valence-electron chi connectivity index (χ1n) is 6.25. The molecule has 0 fully saturated rings. The Morgan fingerprint density at radius 1 is 1.37 bits per heavy atom. The van der Waals surface area contributed by atoms with E-state index in [2.05, 4.69) is 5.32 Å². The van der Waals surface area contributed by atoms with Crippen LogP contribution in [0.2, 0.25) is 0 Å². The number of fused-ring (bicyclic) bond motifs is 1. The zero-order chi connectivity index (χ0) is 14.0. The first kappa shape index (κ1) is 13.5. The number of benzene rings is 1. The lowest BCUT2D eigenvalue weighted by atomic mass is 10.1. The second-order valence-electron chi connectivity index (χ2n) is 5.45. The van der Waals surface area contributed by atoms with E-state index in [1.165, 1.54) is 0 Å². The minimum atomic E-state index is -0.512. The van der Waals surface area contributed by atoms with Crippen molar-refractivity contribution in [3.63, 3.8) is 0 Å². The molecular formula is C14H19NO4. The van der Waals surface area contributed by atoms with Crippen LogP contribution in [0.1, 0.15) is 39.3 Å². The van der Waals surface area contributed by atoms with Crippen molar-refractivity contribution in [2.45, 2.75) is 39.3 Å². The lowest BCUT2D eigenvalue weighted by Gasteiger charge is -2.22. The maximum absolute atomic E-state index is 11.7. The summed E-state index contributed by atoms with van der Waals surface area (Å²) in [7, 11) is 0. The molecule has 104 valence electrons. The molecule has 1 atom stereocenters. The van der Waals surface area contributed by atoms with Crippen LogP contribution in [-0.4, -0.2) is 18.5 Å². The van der Waals surface area contributed by atoms with E-state index in [0.29, 0.717) is 11.5 Å². The van der Waals surface area contributed by atoms with E-state index >= 15 is 0 Å². The van der Waals surface area contributed by atoms with Gasteiger partial charge in [0.1, 0.15) is 5.60 Å². The first-order chi connectivity index (χ1) is 8.87. The van der Waals surface area contributed by atoms with Crippen molar-refractivity contribution in [3.05, 3.63) is 23.8 Å². The smallest absolute Gasteiger partial charge is 0.408 e. The molecule has 1 unspecified atom stereocenters. The molecule has 1 amide bonds. The van der Waals surface area contributed by atoms with Gasteiger partial charge in [0.25, 0.3) is 0 Å². The van der Waals surface area contributed by atoms with Crippen LogP contribution in [0, 0.1) is 0 Å². The average molecular weight is 265 g/mol. The summed E-state index contributed by atoms with van der Waals surface area (Å²) in [4.78, 5) is 11.7. The standard InChI is InChI=1S/C14H19NO4/c1-9(15-13(16)19-14(2,3)4)10-6-5-7-11-12(10)18-8-17-11/h5-7,9H,8H2,1-4H3,(H,15,16). The highest BCUT2D eigenvalue weighted by atomic mass is 16.7. The summed E-state index contributed by atoms with van der Waals surface area (Å²) in [5.41, 5.74) is 0.364. The van der Waals surface area contributed by atoms with Gasteiger partial charge in [-0.1, -0.05) is 12.1 Å². The van der Waals surface area contributed by atoms with Gasteiger partial charge in [0, 0.05) is 5.56 Å². The lowest BCUT2D eigenvalue weighted by molar-refractivity contribution is 0.0507. The Balaban J connectivity index is 2.07. The number of hydrogen-bond acceptors (Lipinski definition) is 4. The molecular weight excluding hydrogens is 246 g/mol. The van der Waals surface area contributed by atoms with Crippen LogP contribution in [-0.2, 0) is 4.74 Å². The Morgan fingerprint density at radius 2 is 2.11 bits per heavy atom. The SMILES string of the molecule is CC(NC(=O)OC(C)(C)C)c1cccc2c1OCO2. The molecule has 1 heterocycles. The molecule has 0 aliphatic carbocycles. The number of hydrogen-bond donors (Lipinski definition) is 1. The number of amides is 1. The van der Waals surface area contributed by atoms with Crippen LogP contribution in [0.5, 0.6) is 11.5 Å². The molecule has 19 heavy (non-hydrogen) atoms. The molecule has 1 aromatic carbocycles. The van der Waals surface area contributed by atoms with Crippen LogP contribution < -0.4 is 14.8 Å². The van der Waals surface area contributed by atoms with E-state index in [9.17, 15) is 4.79 Å². The zero-order valence-electron chi connectivity index (χ0n) is 11.6. The number of rotatable bonds is 2. The highest BCUT2D eigenvalue weighted by Crippen LogP contribution is 2.38. The third kappa shape index (κ3) is 3.30. The molecule has 5 nitrogen and oxygen atoms in total. The van der Waals surface area contributed by atoms with Gasteiger partial charge >= 0.3 is 6.09 Å². The van der Waals surface area contributed by atoms with Gasteiger partial charge in [-0.3, -0.25) is 0 Å². The van der Waals surface area contributed by atoms with Crippen LogP contribution in [0.25, 0.3) is 0 Å². The summed E-state index contributed by atoms with van der Waals surface area (Å²) in [6, 6.07) is 5.39. The average Bonchev–Trinajstić information content (AvgIpc) is 2.73. The third-order valence-electron chi connectivity index (χ3n) is 2.63. The van der Waals surface area contributed by atoms with Crippen LogP contribution in [0.4, 0.5) is 4.79 Å². The monoisotopic (exact) mass is 265 g/mol. The molecule has 1 aliphatic heterocycles. The first-order valence-corrected chi connectivity index (χ1v) is 6.25. The molecule has 0 bridgehead atoms. The van der Waals surface area contributed by atoms with Crippen LogP contribution >= 0.6 is 0 Å². The van der Waals surface area contributed by atoms with Gasteiger partial charge in [-0.25, -0.2) is 4.79 Å². The van der Waals surface area contributed by atoms with Gasteiger partial charge in [-0.2, -0.15) is 0 Å². The highest BCUT2D eigenvalue weighted by Gasteiger charge is 2.23. The summed E-state index contributed by atoms with van der Waals surface area (Å²) in [5, 5.41) is 2.79. The Hall–Kier alpha value is -1.91. The Kier molecular flexibility index (Phi) is 3.55. The Bertz CT molecular complexity index is 479. The predicted octanol–water partition coefficient (Wildman–Crippen LogP) is 3.00. The molecule has 5 heteroatoms. The van der Waals surface area contributed by atoms with E-state index in [1.54, 1.807) is 0 Å². The van der Waals surface area contributed by atoms with Crippen molar-refractivity contribution in [3.8, 4) is 11.5 Å². The topological polar surface area (TPSA) is 56.8 Å². The fourth-order valence-corrected chi connectivity index (χ4v) is 1.86. The summed E-state index contributed by atoms with van der Waals surface area (Å²) in [6.07, 6.45) is -0.448. The van der Waals surface area contributed by atoms with Crippen molar-refractivity contribution in [2.75, 3.05) is 6.79 Å². The lowest BCUT2D eigenvalue weighted by Crippen LogP contribution is -2.34. The molecule has 2 rings (SSSR count).